The van der Waals surface area contributed by atoms with Crippen LogP contribution in [0.1, 0.15) is 25.8 Å². The largest absolute Gasteiger partial charge is 0.327 e. The molecule has 2 saturated carbocycles. The standard InChI is InChI=1S/C27H23F3N4O/c1-14(27(35)33-17-5-2-15(3-6-17)23-7-4-16(28)12-31-23)26-19-8-18(9-20(19)26)34-13-32-24-10-21(29)22(30)11-25(24)34/h2-7,10-14,18-20,26H,8-9H2,1H3,(H,33,35)/t14-,18-,19-,20+,26+/m0/s1. The van der Waals surface area contributed by atoms with E-state index < -0.39 is 11.6 Å². The smallest absolute Gasteiger partial charge is 0.227 e. The molecule has 5 atom stereocenters. The minimum atomic E-state index is -0.890. The molecule has 2 fully saturated rings. The SMILES string of the molecule is C[C@H](C(=O)Nc1ccc(-c2ccc(F)cn2)cc1)[C@H]1[C@@H]2C[C@@H](n3cnc4cc(F)c(F)cc43)C[C@@H]21. The van der Waals surface area contributed by atoms with Crippen LogP contribution in [0.5, 0.6) is 0 Å². The first-order chi connectivity index (χ1) is 16.9. The van der Waals surface area contributed by atoms with E-state index in [1.54, 1.807) is 12.4 Å². The average molecular weight is 477 g/mol. The van der Waals surface area contributed by atoms with Crippen LogP contribution in [0.3, 0.4) is 0 Å². The van der Waals surface area contributed by atoms with Crippen LogP contribution in [0.4, 0.5) is 18.9 Å². The lowest BCUT2D eigenvalue weighted by Crippen LogP contribution is -2.24. The number of fused-ring (bicyclic) bond motifs is 2. The number of nitrogens with one attached hydrogen (secondary N) is 1. The third kappa shape index (κ3) is 3.87. The van der Waals surface area contributed by atoms with Crippen molar-refractivity contribution in [3.05, 3.63) is 78.5 Å². The summed E-state index contributed by atoms with van der Waals surface area (Å²) in [5, 5.41) is 3.00. The van der Waals surface area contributed by atoms with Gasteiger partial charge in [0.15, 0.2) is 11.6 Å². The molecule has 4 aromatic rings. The summed E-state index contributed by atoms with van der Waals surface area (Å²) in [4.78, 5) is 21.2. The lowest BCUT2D eigenvalue weighted by molar-refractivity contribution is -0.120. The van der Waals surface area contributed by atoms with Crippen LogP contribution in [-0.4, -0.2) is 20.4 Å². The molecular weight excluding hydrogens is 453 g/mol. The highest BCUT2D eigenvalue weighted by Crippen LogP contribution is 2.64. The Hall–Kier alpha value is -3.68. The van der Waals surface area contributed by atoms with Gasteiger partial charge in [-0.15, -0.1) is 0 Å². The third-order valence-electron chi connectivity index (χ3n) is 7.66. The van der Waals surface area contributed by atoms with E-state index in [2.05, 4.69) is 15.3 Å². The molecule has 2 aliphatic carbocycles. The maximum absolute atomic E-state index is 13.8. The van der Waals surface area contributed by atoms with Gasteiger partial charge in [-0.25, -0.2) is 18.2 Å². The van der Waals surface area contributed by atoms with Crippen molar-refractivity contribution in [1.82, 2.24) is 14.5 Å². The van der Waals surface area contributed by atoms with Gasteiger partial charge in [0.2, 0.25) is 5.91 Å². The average Bonchev–Trinajstić information content (AvgIpc) is 3.15. The molecule has 0 radical (unpaired) electrons. The summed E-state index contributed by atoms with van der Waals surface area (Å²) in [6.07, 6.45) is 4.64. The molecule has 178 valence electrons. The summed E-state index contributed by atoms with van der Waals surface area (Å²) in [6, 6.07) is 12.8. The van der Waals surface area contributed by atoms with E-state index in [-0.39, 0.29) is 23.7 Å². The number of nitrogens with zero attached hydrogens (tertiary/aromatic N) is 3. The Kier molecular flexibility index (Phi) is 5.12. The van der Waals surface area contributed by atoms with Crippen LogP contribution in [0.15, 0.2) is 61.1 Å². The molecular formula is C27H23F3N4O. The van der Waals surface area contributed by atoms with Crippen molar-refractivity contribution in [2.75, 3.05) is 5.32 Å². The van der Waals surface area contributed by atoms with Crippen LogP contribution in [0.2, 0.25) is 0 Å². The van der Waals surface area contributed by atoms with E-state index in [0.29, 0.717) is 40.2 Å². The number of rotatable bonds is 5. The molecule has 2 heterocycles. The zero-order valence-electron chi connectivity index (χ0n) is 19.0. The Morgan fingerprint density at radius 3 is 2.40 bits per heavy atom. The number of hydrogen-bond donors (Lipinski definition) is 1. The van der Waals surface area contributed by atoms with Crippen molar-refractivity contribution in [2.45, 2.75) is 25.8 Å². The van der Waals surface area contributed by atoms with Gasteiger partial charge in [-0.05, 0) is 54.9 Å². The first-order valence-electron chi connectivity index (χ1n) is 11.7. The molecule has 6 rings (SSSR count). The third-order valence-corrected chi connectivity index (χ3v) is 7.66. The summed E-state index contributed by atoms with van der Waals surface area (Å²) in [5.41, 5.74) is 3.27. The Labute approximate surface area is 200 Å². The van der Waals surface area contributed by atoms with Gasteiger partial charge < -0.3 is 9.88 Å². The van der Waals surface area contributed by atoms with Gasteiger partial charge >= 0.3 is 0 Å². The first kappa shape index (κ1) is 21.8. The fourth-order valence-electron chi connectivity index (χ4n) is 5.85. The quantitative estimate of drug-likeness (QED) is 0.385. The van der Waals surface area contributed by atoms with Gasteiger partial charge in [-0.2, -0.15) is 0 Å². The lowest BCUT2D eigenvalue weighted by Gasteiger charge is -2.20. The van der Waals surface area contributed by atoms with Gasteiger partial charge in [0.05, 0.1) is 29.3 Å². The van der Waals surface area contributed by atoms with E-state index in [1.807, 2.05) is 35.8 Å². The molecule has 2 aliphatic rings. The van der Waals surface area contributed by atoms with Crippen molar-refractivity contribution >= 4 is 22.6 Å². The topological polar surface area (TPSA) is 59.8 Å². The van der Waals surface area contributed by atoms with Crippen molar-refractivity contribution in [3.63, 3.8) is 0 Å². The summed E-state index contributed by atoms with van der Waals surface area (Å²) in [6.45, 7) is 1.97. The van der Waals surface area contributed by atoms with E-state index in [1.165, 1.54) is 18.3 Å². The highest BCUT2D eigenvalue weighted by atomic mass is 19.2. The van der Waals surface area contributed by atoms with E-state index >= 15 is 0 Å². The molecule has 2 aromatic carbocycles. The summed E-state index contributed by atoms with van der Waals surface area (Å²) in [5.74, 6) is -1.09. The molecule has 1 N–H and O–H groups in total. The van der Waals surface area contributed by atoms with Gasteiger partial charge in [-0.3, -0.25) is 9.78 Å². The fraction of sp³-hybridized carbons (Fsp3) is 0.296. The molecule has 0 saturated heterocycles. The molecule has 0 unspecified atom stereocenters. The molecule has 35 heavy (non-hydrogen) atoms. The molecule has 2 aromatic heterocycles. The zero-order valence-corrected chi connectivity index (χ0v) is 19.0. The highest BCUT2D eigenvalue weighted by Gasteiger charge is 2.59. The van der Waals surface area contributed by atoms with Crippen LogP contribution in [0.25, 0.3) is 22.3 Å². The number of imidazole rings is 1. The fourth-order valence-corrected chi connectivity index (χ4v) is 5.85. The van der Waals surface area contributed by atoms with Gasteiger partial charge in [0.25, 0.3) is 0 Å². The van der Waals surface area contributed by atoms with E-state index in [4.69, 9.17) is 0 Å². The van der Waals surface area contributed by atoms with Crippen molar-refractivity contribution in [1.29, 1.82) is 0 Å². The minimum Gasteiger partial charge on any atom is -0.327 e. The number of anilines is 1. The second-order valence-corrected chi connectivity index (χ2v) is 9.65. The van der Waals surface area contributed by atoms with Gasteiger partial charge in [0.1, 0.15) is 5.82 Å². The maximum Gasteiger partial charge on any atom is 0.227 e. The number of carbonyl (C=O) groups is 1. The molecule has 0 aliphatic heterocycles. The number of pyridine rings is 1. The second-order valence-electron chi connectivity index (χ2n) is 9.65. The van der Waals surface area contributed by atoms with Crippen LogP contribution in [0, 0.1) is 41.1 Å². The van der Waals surface area contributed by atoms with E-state index in [9.17, 15) is 18.0 Å². The predicted octanol–water partition coefficient (Wildman–Crippen LogP) is 5.99. The molecule has 0 spiro atoms. The molecule has 5 nitrogen and oxygen atoms in total. The number of aromatic nitrogens is 3. The summed E-state index contributed by atoms with van der Waals surface area (Å²) < 4.78 is 42.3. The summed E-state index contributed by atoms with van der Waals surface area (Å²) in [7, 11) is 0. The Morgan fingerprint density at radius 2 is 1.71 bits per heavy atom. The molecule has 0 bridgehead atoms. The van der Waals surface area contributed by atoms with Crippen LogP contribution >= 0.6 is 0 Å². The van der Waals surface area contributed by atoms with Gasteiger partial charge in [-0.1, -0.05) is 19.1 Å². The number of hydrogen-bond acceptors (Lipinski definition) is 3. The number of amides is 1. The highest BCUT2D eigenvalue weighted by molar-refractivity contribution is 5.93. The first-order valence-corrected chi connectivity index (χ1v) is 11.7. The van der Waals surface area contributed by atoms with Crippen molar-refractivity contribution in [2.24, 2.45) is 23.7 Å². The minimum absolute atomic E-state index is 0.0146. The maximum atomic E-state index is 13.8. The van der Waals surface area contributed by atoms with Crippen LogP contribution < -0.4 is 5.32 Å². The normalized spacial score (nSPS) is 23.8. The molecule has 8 heteroatoms. The Balaban J connectivity index is 1.08. The number of benzene rings is 2. The number of halogens is 3. The zero-order chi connectivity index (χ0) is 24.3. The summed E-state index contributed by atoms with van der Waals surface area (Å²) >= 11 is 0. The lowest BCUT2D eigenvalue weighted by atomic mass is 9.96. The Morgan fingerprint density at radius 1 is 1.00 bits per heavy atom. The van der Waals surface area contributed by atoms with Crippen molar-refractivity contribution < 1.29 is 18.0 Å². The van der Waals surface area contributed by atoms with Gasteiger partial charge in [0, 0.05) is 35.3 Å². The number of carbonyl (C=O) groups excluding carboxylic acids is 1. The molecule has 1 amide bonds. The Bertz CT molecular complexity index is 1410. The van der Waals surface area contributed by atoms with E-state index in [0.717, 1.165) is 24.5 Å². The predicted molar refractivity (Wildman–Crippen MR) is 126 cm³/mol. The van der Waals surface area contributed by atoms with Crippen LogP contribution in [-0.2, 0) is 4.79 Å². The van der Waals surface area contributed by atoms with Crippen molar-refractivity contribution in [3.8, 4) is 11.3 Å². The second kappa shape index (κ2) is 8.22. The monoisotopic (exact) mass is 476 g/mol.